The lowest BCUT2D eigenvalue weighted by Crippen LogP contribution is -2.39. The molecule has 2 amide bonds. The highest BCUT2D eigenvalue weighted by atomic mass is 16.3. The van der Waals surface area contributed by atoms with Gasteiger partial charge in [0, 0.05) is 6.42 Å². The Balaban J connectivity index is 1.92. The summed E-state index contributed by atoms with van der Waals surface area (Å²) in [6.07, 6.45) is 3.96. The van der Waals surface area contributed by atoms with Gasteiger partial charge in [-0.2, -0.15) is 0 Å². The minimum atomic E-state index is -0.545. The number of aliphatic hydroxyl groups excluding tert-OH is 1. The Labute approximate surface area is 118 Å². The maximum atomic E-state index is 12.7. The molecule has 2 fully saturated rings. The Hall–Kier alpha value is -1.68. The van der Waals surface area contributed by atoms with Crippen molar-refractivity contribution in [3.05, 3.63) is 35.9 Å². The van der Waals surface area contributed by atoms with Crippen LogP contribution in [0.4, 0.5) is 0 Å². The zero-order chi connectivity index (χ0) is 14.2. The van der Waals surface area contributed by atoms with Crippen LogP contribution >= 0.6 is 0 Å². The number of carbonyl (C=O) groups is 2. The van der Waals surface area contributed by atoms with Crippen molar-refractivity contribution in [2.24, 2.45) is 5.41 Å². The Morgan fingerprint density at radius 2 is 1.80 bits per heavy atom. The highest BCUT2D eigenvalue weighted by molar-refractivity contribution is 6.06. The standard InChI is InChI=1S/C16H19NO3/c18-11-13(12-6-2-1-3-7-12)17-14(19)10-16(15(17)20)8-4-5-9-16/h1-3,6-7,13,18H,4-5,8-11H2. The highest BCUT2D eigenvalue weighted by Gasteiger charge is 2.54. The van der Waals surface area contributed by atoms with Crippen LogP contribution in [0.5, 0.6) is 0 Å². The molecule has 1 saturated carbocycles. The van der Waals surface area contributed by atoms with E-state index in [1.807, 2.05) is 30.3 Å². The third-order valence-corrected chi connectivity index (χ3v) is 4.66. The quantitative estimate of drug-likeness (QED) is 0.857. The molecular formula is C16H19NO3. The summed E-state index contributed by atoms with van der Waals surface area (Å²) in [4.78, 5) is 26.3. The molecule has 4 nitrogen and oxygen atoms in total. The fraction of sp³-hybridized carbons (Fsp3) is 0.500. The normalized spacial score (nSPS) is 22.8. The summed E-state index contributed by atoms with van der Waals surface area (Å²) in [5.74, 6) is -0.220. The van der Waals surface area contributed by atoms with Crippen LogP contribution in [0.1, 0.15) is 43.7 Å². The second-order valence-electron chi connectivity index (χ2n) is 5.84. The van der Waals surface area contributed by atoms with Gasteiger partial charge in [-0.05, 0) is 18.4 Å². The molecule has 20 heavy (non-hydrogen) atoms. The van der Waals surface area contributed by atoms with Crippen molar-refractivity contribution in [1.29, 1.82) is 0 Å². The number of nitrogens with zero attached hydrogens (tertiary/aromatic N) is 1. The largest absolute Gasteiger partial charge is 0.394 e. The number of hydrogen-bond donors (Lipinski definition) is 1. The van der Waals surface area contributed by atoms with E-state index in [-0.39, 0.29) is 18.4 Å². The van der Waals surface area contributed by atoms with Crippen LogP contribution in [-0.4, -0.2) is 28.4 Å². The van der Waals surface area contributed by atoms with Gasteiger partial charge in [0.1, 0.15) is 0 Å². The fourth-order valence-electron chi connectivity index (χ4n) is 3.59. The number of likely N-dealkylation sites (tertiary alicyclic amines) is 1. The molecule has 1 saturated heterocycles. The topological polar surface area (TPSA) is 57.6 Å². The summed E-state index contributed by atoms with van der Waals surface area (Å²) in [6, 6.07) is 8.74. The molecule has 4 heteroatoms. The van der Waals surface area contributed by atoms with Gasteiger partial charge >= 0.3 is 0 Å². The van der Waals surface area contributed by atoms with E-state index in [4.69, 9.17) is 0 Å². The maximum Gasteiger partial charge on any atom is 0.236 e. The molecule has 0 aromatic heterocycles. The summed E-state index contributed by atoms with van der Waals surface area (Å²) in [5.41, 5.74) is 0.339. The monoisotopic (exact) mass is 273 g/mol. The predicted molar refractivity (Wildman–Crippen MR) is 73.6 cm³/mol. The van der Waals surface area contributed by atoms with Crippen LogP contribution in [0.25, 0.3) is 0 Å². The summed E-state index contributed by atoms with van der Waals surface area (Å²) >= 11 is 0. The molecular weight excluding hydrogens is 254 g/mol. The summed E-state index contributed by atoms with van der Waals surface area (Å²) < 4.78 is 0. The number of imide groups is 1. The number of hydrogen-bond acceptors (Lipinski definition) is 3. The molecule has 0 bridgehead atoms. The van der Waals surface area contributed by atoms with Crippen LogP contribution in [0.3, 0.4) is 0 Å². The number of benzene rings is 1. The van der Waals surface area contributed by atoms with Gasteiger partial charge < -0.3 is 5.11 Å². The van der Waals surface area contributed by atoms with Crippen LogP contribution in [0, 0.1) is 5.41 Å². The van der Waals surface area contributed by atoms with Gasteiger partial charge in [0.2, 0.25) is 11.8 Å². The second kappa shape index (κ2) is 5.02. The van der Waals surface area contributed by atoms with Crippen LogP contribution in [0.2, 0.25) is 0 Å². The van der Waals surface area contributed by atoms with Crippen molar-refractivity contribution in [2.45, 2.75) is 38.1 Å². The van der Waals surface area contributed by atoms with Crippen molar-refractivity contribution in [3.8, 4) is 0 Å². The minimum absolute atomic E-state index is 0.0806. The number of aliphatic hydroxyl groups is 1. The summed E-state index contributed by atoms with van der Waals surface area (Å²) in [5, 5.41) is 9.66. The third kappa shape index (κ3) is 1.95. The molecule has 1 aromatic carbocycles. The van der Waals surface area contributed by atoms with E-state index in [1.165, 1.54) is 4.90 Å². The molecule has 1 spiro atoms. The van der Waals surface area contributed by atoms with Gasteiger partial charge in [-0.15, -0.1) is 0 Å². The van der Waals surface area contributed by atoms with Gasteiger partial charge in [-0.3, -0.25) is 14.5 Å². The first-order valence-electron chi connectivity index (χ1n) is 7.20. The van der Waals surface area contributed by atoms with Crippen LogP contribution in [-0.2, 0) is 9.59 Å². The predicted octanol–water partition coefficient (Wildman–Crippen LogP) is 2.04. The van der Waals surface area contributed by atoms with E-state index < -0.39 is 11.5 Å². The molecule has 106 valence electrons. The van der Waals surface area contributed by atoms with Crippen LogP contribution < -0.4 is 0 Å². The van der Waals surface area contributed by atoms with E-state index in [1.54, 1.807) is 0 Å². The van der Waals surface area contributed by atoms with Crippen molar-refractivity contribution in [1.82, 2.24) is 4.90 Å². The lowest BCUT2D eigenvalue weighted by Gasteiger charge is -2.27. The summed E-state index contributed by atoms with van der Waals surface area (Å²) in [6.45, 7) is -0.225. The number of amides is 2. The molecule has 3 rings (SSSR count). The smallest absolute Gasteiger partial charge is 0.236 e. The molecule has 1 unspecified atom stereocenters. The molecule has 0 radical (unpaired) electrons. The van der Waals surface area contributed by atoms with Crippen molar-refractivity contribution < 1.29 is 14.7 Å². The lowest BCUT2D eigenvalue weighted by molar-refractivity contribution is -0.145. The molecule has 2 aliphatic rings. The Bertz CT molecular complexity index is 520. The number of carbonyl (C=O) groups excluding carboxylic acids is 2. The van der Waals surface area contributed by atoms with Crippen molar-refractivity contribution in [2.75, 3.05) is 6.61 Å². The van der Waals surface area contributed by atoms with Gasteiger partial charge in [0.15, 0.2) is 0 Å². The fourth-order valence-corrected chi connectivity index (χ4v) is 3.59. The Kier molecular flexibility index (Phi) is 3.34. The maximum absolute atomic E-state index is 12.7. The van der Waals surface area contributed by atoms with Crippen LogP contribution in [0.15, 0.2) is 30.3 Å². The SMILES string of the molecule is O=C1CC2(CCCC2)C(=O)N1C(CO)c1ccccc1. The first-order valence-corrected chi connectivity index (χ1v) is 7.20. The first-order chi connectivity index (χ1) is 9.68. The molecule has 1 aliphatic heterocycles. The van der Waals surface area contributed by atoms with E-state index in [9.17, 15) is 14.7 Å². The third-order valence-electron chi connectivity index (χ3n) is 4.66. The molecule has 1 atom stereocenters. The molecule has 1 aliphatic carbocycles. The van der Waals surface area contributed by atoms with Gasteiger partial charge in [0.05, 0.1) is 18.1 Å². The average Bonchev–Trinajstić information content (AvgIpc) is 3.02. The van der Waals surface area contributed by atoms with E-state index in [0.717, 1.165) is 31.2 Å². The molecule has 1 aromatic rings. The van der Waals surface area contributed by atoms with Crippen molar-refractivity contribution >= 4 is 11.8 Å². The zero-order valence-corrected chi connectivity index (χ0v) is 11.4. The Morgan fingerprint density at radius 3 is 2.40 bits per heavy atom. The molecule has 1 heterocycles. The highest BCUT2D eigenvalue weighted by Crippen LogP contribution is 2.48. The minimum Gasteiger partial charge on any atom is -0.394 e. The molecule has 1 N–H and O–H groups in total. The number of rotatable bonds is 3. The average molecular weight is 273 g/mol. The summed E-state index contributed by atoms with van der Waals surface area (Å²) in [7, 11) is 0. The lowest BCUT2D eigenvalue weighted by atomic mass is 9.84. The van der Waals surface area contributed by atoms with E-state index in [0.29, 0.717) is 6.42 Å². The second-order valence-corrected chi connectivity index (χ2v) is 5.84. The van der Waals surface area contributed by atoms with Gasteiger partial charge in [-0.1, -0.05) is 43.2 Å². The Morgan fingerprint density at radius 1 is 1.15 bits per heavy atom. The first kappa shape index (κ1) is 13.3. The van der Waals surface area contributed by atoms with Gasteiger partial charge in [0.25, 0.3) is 0 Å². The van der Waals surface area contributed by atoms with E-state index >= 15 is 0 Å². The zero-order valence-electron chi connectivity index (χ0n) is 11.4. The van der Waals surface area contributed by atoms with Gasteiger partial charge in [-0.25, -0.2) is 0 Å². The van der Waals surface area contributed by atoms with E-state index in [2.05, 4.69) is 0 Å². The van der Waals surface area contributed by atoms with Crippen molar-refractivity contribution in [3.63, 3.8) is 0 Å².